The van der Waals surface area contributed by atoms with E-state index < -0.39 is 18.2 Å². The molecule has 0 aliphatic heterocycles. The van der Waals surface area contributed by atoms with Crippen LogP contribution in [-0.2, 0) is 9.36 Å². The van der Waals surface area contributed by atoms with Crippen molar-refractivity contribution in [3.05, 3.63) is 72.4 Å². The van der Waals surface area contributed by atoms with Gasteiger partial charge in [0, 0.05) is 17.8 Å². The van der Waals surface area contributed by atoms with Crippen molar-refractivity contribution < 1.29 is 14.2 Å². The molecule has 0 spiro atoms. The van der Waals surface area contributed by atoms with Gasteiger partial charge in [-0.1, -0.05) is 61.2 Å². The van der Waals surface area contributed by atoms with Gasteiger partial charge in [-0.3, -0.25) is 9.59 Å². The fourth-order valence-corrected chi connectivity index (χ4v) is 3.15. The van der Waals surface area contributed by atoms with E-state index in [2.05, 4.69) is 6.58 Å². The maximum absolute atomic E-state index is 12.6. The summed E-state index contributed by atoms with van der Waals surface area (Å²) < 4.78 is 12.6. The van der Waals surface area contributed by atoms with Gasteiger partial charge in [0.05, 0.1) is 0 Å². The molecule has 1 atom stereocenters. The second-order valence-corrected chi connectivity index (χ2v) is 6.90. The number of benzene rings is 1. The van der Waals surface area contributed by atoms with Crippen LogP contribution in [0, 0.1) is 0 Å². The minimum atomic E-state index is -3.64. The minimum absolute atomic E-state index is 0.250. The van der Waals surface area contributed by atoms with Gasteiger partial charge < -0.3 is 4.57 Å². The average molecular weight is 288 g/mol. The van der Waals surface area contributed by atoms with Crippen LogP contribution >= 0.6 is 7.14 Å². The Balaban J connectivity index is 3.13. The Hall–Kier alpha value is -1.99. The summed E-state index contributed by atoms with van der Waals surface area (Å²) >= 11 is 0. The second-order valence-electron chi connectivity index (χ2n) is 4.24. The van der Waals surface area contributed by atoms with Crippen LogP contribution in [0.1, 0.15) is 17.3 Å². The molecule has 4 heteroatoms. The van der Waals surface area contributed by atoms with Gasteiger partial charge in [-0.15, -0.1) is 0 Å². The van der Waals surface area contributed by atoms with E-state index in [-0.39, 0.29) is 11.1 Å². The van der Waals surface area contributed by atoms with Crippen LogP contribution in [0.3, 0.4) is 0 Å². The second kappa shape index (κ2) is 6.97. The summed E-state index contributed by atoms with van der Waals surface area (Å²) in [4.78, 5) is 24.5. The standard InChI is InChI=1S/C16H17O3P/c1-4-6-10-13(5-2)15(17)20(3,19)16(18)14-11-8-7-9-12-14/h4-12H,1H2,2-3H3/b10-6-,13-5+. The van der Waals surface area contributed by atoms with Crippen LogP contribution in [0.25, 0.3) is 0 Å². The molecule has 1 aromatic carbocycles. The highest BCUT2D eigenvalue weighted by Crippen LogP contribution is 2.48. The van der Waals surface area contributed by atoms with Crippen molar-refractivity contribution in [2.24, 2.45) is 0 Å². The van der Waals surface area contributed by atoms with Gasteiger partial charge in [-0.2, -0.15) is 0 Å². The lowest BCUT2D eigenvalue weighted by Crippen LogP contribution is -2.10. The first-order valence-electron chi connectivity index (χ1n) is 6.13. The molecule has 1 rings (SSSR count). The van der Waals surface area contributed by atoms with Crippen molar-refractivity contribution in [1.82, 2.24) is 0 Å². The zero-order chi connectivity index (χ0) is 15.2. The average Bonchev–Trinajstić information content (AvgIpc) is 2.47. The first kappa shape index (κ1) is 16.1. The normalized spacial score (nSPS) is 14.8. The van der Waals surface area contributed by atoms with Gasteiger partial charge in [0.25, 0.3) is 0 Å². The molecule has 0 heterocycles. The van der Waals surface area contributed by atoms with Crippen molar-refractivity contribution in [3.63, 3.8) is 0 Å². The van der Waals surface area contributed by atoms with Crippen LogP contribution in [-0.4, -0.2) is 17.7 Å². The lowest BCUT2D eigenvalue weighted by atomic mass is 10.2. The number of hydrogen-bond donors (Lipinski definition) is 0. The topological polar surface area (TPSA) is 51.2 Å². The smallest absolute Gasteiger partial charge is 0.228 e. The fraction of sp³-hybridized carbons (Fsp3) is 0.125. The molecule has 0 saturated carbocycles. The molecule has 3 nitrogen and oxygen atoms in total. The van der Waals surface area contributed by atoms with Crippen molar-refractivity contribution in [3.8, 4) is 0 Å². The largest absolute Gasteiger partial charge is 0.307 e. The van der Waals surface area contributed by atoms with Gasteiger partial charge in [0.2, 0.25) is 18.2 Å². The zero-order valence-corrected chi connectivity index (χ0v) is 12.5. The highest BCUT2D eigenvalue weighted by atomic mass is 31.2. The summed E-state index contributed by atoms with van der Waals surface area (Å²) in [6.45, 7) is 6.39. The molecule has 0 saturated heterocycles. The van der Waals surface area contributed by atoms with Gasteiger partial charge >= 0.3 is 0 Å². The molecule has 1 unspecified atom stereocenters. The molecule has 1 aromatic rings. The van der Waals surface area contributed by atoms with Crippen LogP contribution < -0.4 is 0 Å². The summed E-state index contributed by atoms with van der Waals surface area (Å²) in [6, 6.07) is 8.21. The number of allylic oxidation sites excluding steroid dienone is 5. The van der Waals surface area contributed by atoms with Crippen molar-refractivity contribution in [1.29, 1.82) is 0 Å². The van der Waals surface area contributed by atoms with E-state index in [1.54, 1.807) is 43.3 Å². The van der Waals surface area contributed by atoms with Gasteiger partial charge in [-0.25, -0.2) is 0 Å². The Morgan fingerprint density at radius 1 is 1.20 bits per heavy atom. The van der Waals surface area contributed by atoms with Crippen LogP contribution in [0.5, 0.6) is 0 Å². The van der Waals surface area contributed by atoms with Crippen LogP contribution in [0.15, 0.2) is 66.8 Å². The summed E-state index contributed by atoms with van der Waals surface area (Å²) in [6.07, 6.45) is 6.12. The maximum Gasteiger partial charge on any atom is 0.228 e. The molecule has 0 radical (unpaired) electrons. The molecule has 104 valence electrons. The number of hydrogen-bond acceptors (Lipinski definition) is 3. The monoisotopic (exact) mass is 288 g/mol. The van der Waals surface area contributed by atoms with Gasteiger partial charge in [0.15, 0.2) is 0 Å². The summed E-state index contributed by atoms with van der Waals surface area (Å²) in [5, 5.41) is 0. The summed E-state index contributed by atoms with van der Waals surface area (Å²) in [5.41, 5.74) is -0.712. The molecule has 20 heavy (non-hydrogen) atoms. The Kier molecular flexibility index (Phi) is 5.60. The van der Waals surface area contributed by atoms with Crippen molar-refractivity contribution >= 4 is 18.2 Å². The summed E-state index contributed by atoms with van der Waals surface area (Å²) in [5.74, 6) is 0. The van der Waals surface area contributed by atoms with E-state index >= 15 is 0 Å². The van der Waals surface area contributed by atoms with Crippen molar-refractivity contribution in [2.45, 2.75) is 6.92 Å². The van der Waals surface area contributed by atoms with E-state index in [1.165, 1.54) is 24.9 Å². The molecule has 0 aliphatic rings. The Labute approximate surface area is 119 Å². The molecule has 0 bridgehead atoms. The van der Waals surface area contributed by atoms with E-state index in [1.807, 2.05) is 0 Å². The predicted octanol–water partition coefficient (Wildman–Crippen LogP) is 4.03. The highest BCUT2D eigenvalue weighted by molar-refractivity contribution is 7.94. The zero-order valence-electron chi connectivity index (χ0n) is 11.6. The quantitative estimate of drug-likeness (QED) is 0.451. The Bertz CT molecular complexity index is 624. The lowest BCUT2D eigenvalue weighted by Gasteiger charge is -2.11. The third-order valence-corrected chi connectivity index (χ3v) is 4.83. The Morgan fingerprint density at radius 2 is 1.80 bits per heavy atom. The molecular weight excluding hydrogens is 271 g/mol. The molecule has 0 N–H and O–H groups in total. The van der Waals surface area contributed by atoms with Gasteiger partial charge in [-0.05, 0) is 6.92 Å². The van der Waals surface area contributed by atoms with E-state index in [0.29, 0.717) is 0 Å². The third-order valence-electron chi connectivity index (χ3n) is 2.77. The third kappa shape index (κ3) is 3.52. The minimum Gasteiger partial charge on any atom is -0.307 e. The SMILES string of the molecule is C=C/C=C\C(=C/C)C(=O)P(C)(=O)C(=O)c1ccccc1. The van der Waals surface area contributed by atoms with Crippen LogP contribution in [0.2, 0.25) is 0 Å². The highest BCUT2D eigenvalue weighted by Gasteiger charge is 2.36. The fourth-order valence-electron chi connectivity index (χ4n) is 1.63. The van der Waals surface area contributed by atoms with E-state index in [4.69, 9.17) is 0 Å². The maximum atomic E-state index is 12.6. The number of carbonyl (C=O) groups is 2. The molecule has 0 aliphatic carbocycles. The predicted molar refractivity (Wildman–Crippen MR) is 82.4 cm³/mol. The first-order valence-corrected chi connectivity index (χ1v) is 8.28. The van der Waals surface area contributed by atoms with Gasteiger partial charge in [0.1, 0.15) is 0 Å². The molecule has 0 amide bonds. The lowest BCUT2D eigenvalue weighted by molar-refractivity contribution is -0.108. The van der Waals surface area contributed by atoms with E-state index in [9.17, 15) is 14.2 Å². The summed E-state index contributed by atoms with van der Waals surface area (Å²) in [7, 11) is -3.64. The Morgan fingerprint density at radius 3 is 2.30 bits per heavy atom. The first-order chi connectivity index (χ1) is 9.45. The van der Waals surface area contributed by atoms with Crippen molar-refractivity contribution in [2.75, 3.05) is 6.66 Å². The van der Waals surface area contributed by atoms with Crippen LogP contribution in [0.4, 0.5) is 0 Å². The molecule has 0 aromatic heterocycles. The number of rotatable bonds is 6. The molecular formula is C16H17O3P. The van der Waals surface area contributed by atoms with E-state index in [0.717, 1.165) is 0 Å². The number of carbonyl (C=O) groups excluding carboxylic acids is 2. The molecule has 0 fully saturated rings.